The number of nitrogens with one attached hydrogen (secondary N) is 1. The summed E-state index contributed by atoms with van der Waals surface area (Å²) in [5, 5.41) is 2.60. The van der Waals surface area contributed by atoms with E-state index < -0.39 is 19.9 Å². The highest BCUT2D eigenvalue weighted by atomic mass is 32.2. The number of sulfone groups is 1. The van der Waals surface area contributed by atoms with Crippen molar-refractivity contribution < 1.29 is 21.6 Å². The van der Waals surface area contributed by atoms with Crippen molar-refractivity contribution in [3.8, 4) is 0 Å². The van der Waals surface area contributed by atoms with Crippen LogP contribution in [0.2, 0.25) is 0 Å². The van der Waals surface area contributed by atoms with Crippen molar-refractivity contribution in [1.29, 1.82) is 0 Å². The minimum absolute atomic E-state index is 0.0178. The second kappa shape index (κ2) is 5.74. The zero-order valence-corrected chi connectivity index (χ0v) is 13.1. The number of amides is 1. The Morgan fingerprint density at radius 3 is 2.14 bits per heavy atom. The molecule has 7 nitrogen and oxygen atoms in total. The quantitative estimate of drug-likeness (QED) is 0.812. The fourth-order valence-electron chi connectivity index (χ4n) is 1.99. The van der Waals surface area contributed by atoms with E-state index in [4.69, 9.17) is 0 Å². The maximum atomic E-state index is 12.4. The number of carbonyl (C=O) groups is 1. The van der Waals surface area contributed by atoms with Gasteiger partial charge in [0.25, 0.3) is 0 Å². The lowest BCUT2D eigenvalue weighted by atomic mass is 10.4. The Labute approximate surface area is 123 Å². The molecule has 1 N–H and O–H groups in total. The molecule has 116 valence electrons. The maximum Gasteiger partial charge on any atom is 0.243 e. The van der Waals surface area contributed by atoms with Gasteiger partial charge in [-0.2, -0.15) is 4.31 Å². The van der Waals surface area contributed by atoms with Gasteiger partial charge in [-0.25, -0.2) is 16.8 Å². The largest absolute Gasteiger partial charge is 0.355 e. The Morgan fingerprint density at radius 1 is 1.00 bits per heavy atom. The lowest BCUT2D eigenvalue weighted by Crippen LogP contribution is -2.34. The third-order valence-electron chi connectivity index (χ3n) is 3.16. The molecule has 1 aliphatic rings. The predicted molar refractivity (Wildman–Crippen MR) is 75.9 cm³/mol. The number of carbonyl (C=O) groups excluding carboxylic acids is 1. The van der Waals surface area contributed by atoms with E-state index in [-0.39, 0.29) is 41.8 Å². The Morgan fingerprint density at radius 2 is 1.57 bits per heavy atom. The summed E-state index contributed by atoms with van der Waals surface area (Å²) >= 11 is 0. The molecular formula is C12H16N2O5S2. The summed E-state index contributed by atoms with van der Waals surface area (Å²) < 4.78 is 48.9. The summed E-state index contributed by atoms with van der Waals surface area (Å²) in [6.45, 7) is 0.573. The van der Waals surface area contributed by atoms with Crippen molar-refractivity contribution >= 4 is 25.8 Å². The molecular weight excluding hydrogens is 316 g/mol. The van der Waals surface area contributed by atoms with Crippen LogP contribution in [0.1, 0.15) is 6.42 Å². The van der Waals surface area contributed by atoms with E-state index >= 15 is 0 Å². The van der Waals surface area contributed by atoms with Crippen molar-refractivity contribution in [1.82, 2.24) is 9.62 Å². The number of hydrogen-bond donors (Lipinski definition) is 1. The number of rotatable bonds is 3. The molecule has 1 saturated heterocycles. The van der Waals surface area contributed by atoms with E-state index in [0.717, 1.165) is 6.26 Å². The van der Waals surface area contributed by atoms with Crippen molar-refractivity contribution in [3.63, 3.8) is 0 Å². The van der Waals surface area contributed by atoms with Crippen molar-refractivity contribution in [2.24, 2.45) is 0 Å². The summed E-state index contributed by atoms with van der Waals surface area (Å²) in [6, 6.07) is 5.07. The second-order valence-corrected chi connectivity index (χ2v) is 8.70. The normalized spacial score (nSPS) is 18.0. The first-order valence-electron chi connectivity index (χ1n) is 6.28. The van der Waals surface area contributed by atoms with Gasteiger partial charge in [0.1, 0.15) is 0 Å². The second-order valence-electron chi connectivity index (χ2n) is 4.75. The van der Waals surface area contributed by atoms with E-state index in [1.807, 2.05) is 0 Å². The first-order valence-corrected chi connectivity index (χ1v) is 9.61. The summed E-state index contributed by atoms with van der Waals surface area (Å²) in [6.07, 6.45) is 1.17. The van der Waals surface area contributed by atoms with Crippen LogP contribution >= 0.6 is 0 Å². The van der Waals surface area contributed by atoms with Gasteiger partial charge < -0.3 is 5.32 Å². The molecule has 21 heavy (non-hydrogen) atoms. The van der Waals surface area contributed by atoms with E-state index in [9.17, 15) is 21.6 Å². The number of benzene rings is 1. The van der Waals surface area contributed by atoms with Gasteiger partial charge in [0.05, 0.1) is 9.79 Å². The van der Waals surface area contributed by atoms with E-state index in [0.29, 0.717) is 0 Å². The lowest BCUT2D eigenvalue weighted by molar-refractivity contribution is -0.120. The zero-order valence-electron chi connectivity index (χ0n) is 11.4. The highest BCUT2D eigenvalue weighted by Crippen LogP contribution is 2.19. The Hall–Kier alpha value is -1.45. The van der Waals surface area contributed by atoms with Crippen molar-refractivity contribution in [3.05, 3.63) is 24.3 Å². The molecule has 1 heterocycles. The summed E-state index contributed by atoms with van der Waals surface area (Å²) in [7, 11) is -7.09. The molecule has 1 fully saturated rings. The van der Waals surface area contributed by atoms with Crippen LogP contribution in [0.15, 0.2) is 34.1 Å². The number of hydrogen-bond acceptors (Lipinski definition) is 5. The molecule has 1 aromatic carbocycles. The Balaban J connectivity index is 2.29. The van der Waals surface area contributed by atoms with Crippen LogP contribution in [-0.2, 0) is 24.7 Å². The fourth-order valence-corrected chi connectivity index (χ4v) is 4.07. The van der Waals surface area contributed by atoms with Crippen molar-refractivity contribution in [2.45, 2.75) is 16.2 Å². The van der Waals surface area contributed by atoms with Gasteiger partial charge in [-0.05, 0) is 24.3 Å². The SMILES string of the molecule is CS(=O)(=O)c1ccc(S(=O)(=O)N2CCNC(=O)CC2)cc1. The average Bonchev–Trinajstić information content (AvgIpc) is 2.63. The molecule has 1 amide bonds. The monoisotopic (exact) mass is 332 g/mol. The number of sulfonamides is 1. The van der Waals surface area contributed by atoms with Crippen LogP contribution < -0.4 is 5.32 Å². The van der Waals surface area contributed by atoms with Crippen LogP contribution in [0.5, 0.6) is 0 Å². The molecule has 0 aliphatic carbocycles. The van der Waals surface area contributed by atoms with Gasteiger partial charge in [-0.1, -0.05) is 0 Å². The standard InChI is InChI=1S/C12H16N2O5S2/c1-20(16,17)10-2-4-11(5-3-10)21(18,19)14-8-6-12(15)13-7-9-14/h2-5H,6-9H2,1H3,(H,13,15). The van der Waals surface area contributed by atoms with Gasteiger partial charge in [0, 0.05) is 32.3 Å². The smallest absolute Gasteiger partial charge is 0.243 e. The molecule has 1 aromatic rings. The topological polar surface area (TPSA) is 101 Å². The van der Waals surface area contributed by atoms with Gasteiger partial charge in [0.2, 0.25) is 15.9 Å². The number of nitrogens with zero attached hydrogens (tertiary/aromatic N) is 1. The molecule has 1 aliphatic heterocycles. The van der Waals surface area contributed by atoms with Crippen molar-refractivity contribution in [2.75, 3.05) is 25.9 Å². The van der Waals surface area contributed by atoms with Crippen LogP contribution in [-0.4, -0.2) is 52.9 Å². The van der Waals surface area contributed by atoms with E-state index in [2.05, 4.69) is 5.32 Å². The van der Waals surface area contributed by atoms with Crippen LogP contribution in [0.4, 0.5) is 0 Å². The molecule has 0 aromatic heterocycles. The first-order chi connectivity index (χ1) is 9.71. The van der Waals surface area contributed by atoms with Gasteiger partial charge in [-0.3, -0.25) is 4.79 Å². The highest BCUT2D eigenvalue weighted by Gasteiger charge is 2.26. The predicted octanol–water partition coefficient (Wildman–Crippen LogP) is -0.399. The van der Waals surface area contributed by atoms with Gasteiger partial charge in [0.15, 0.2) is 9.84 Å². The molecule has 0 unspecified atom stereocenters. The van der Waals surface area contributed by atoms with Gasteiger partial charge >= 0.3 is 0 Å². The third-order valence-corrected chi connectivity index (χ3v) is 6.20. The average molecular weight is 332 g/mol. The third kappa shape index (κ3) is 3.60. The minimum atomic E-state index is -3.72. The van der Waals surface area contributed by atoms with E-state index in [1.54, 1.807) is 0 Å². The zero-order chi connectivity index (χ0) is 15.7. The highest BCUT2D eigenvalue weighted by molar-refractivity contribution is 7.90. The van der Waals surface area contributed by atoms with Crippen LogP contribution in [0.3, 0.4) is 0 Å². The molecule has 0 bridgehead atoms. The molecule has 0 radical (unpaired) electrons. The molecule has 0 saturated carbocycles. The summed E-state index contributed by atoms with van der Waals surface area (Å²) in [5.41, 5.74) is 0. The Bertz CT molecular complexity index is 738. The molecule has 9 heteroatoms. The molecule has 0 atom stereocenters. The molecule has 2 rings (SSSR count). The van der Waals surface area contributed by atoms with Crippen LogP contribution in [0.25, 0.3) is 0 Å². The summed E-state index contributed by atoms with van der Waals surface area (Å²) in [5.74, 6) is -0.180. The lowest BCUT2D eigenvalue weighted by Gasteiger charge is -2.19. The van der Waals surface area contributed by atoms with E-state index in [1.165, 1.54) is 28.6 Å². The Kier molecular flexibility index (Phi) is 4.35. The van der Waals surface area contributed by atoms with Crippen LogP contribution in [0, 0.1) is 0 Å². The summed E-state index contributed by atoms with van der Waals surface area (Å²) in [4.78, 5) is 11.3. The fraction of sp³-hybridized carbons (Fsp3) is 0.417. The molecule has 0 spiro atoms. The minimum Gasteiger partial charge on any atom is -0.355 e. The maximum absolute atomic E-state index is 12.4. The van der Waals surface area contributed by atoms with Gasteiger partial charge in [-0.15, -0.1) is 0 Å². The first kappa shape index (κ1) is 15.9.